The molecule has 1 heterocycles. The van der Waals surface area contributed by atoms with Crippen LogP contribution in [-0.4, -0.2) is 13.6 Å². The van der Waals surface area contributed by atoms with Crippen LogP contribution < -0.4 is 4.90 Å². The molecule has 2 heteroatoms. The average molecular weight is 287 g/mol. The molecule has 1 aromatic carbocycles. The first-order valence-electron chi connectivity index (χ1n) is 7.44. The molecule has 2 aromatic rings. The Morgan fingerprint density at radius 3 is 2.70 bits per heavy atom. The van der Waals surface area contributed by atoms with Crippen LogP contribution in [0.25, 0.3) is 16.2 Å². The molecule has 0 aliphatic heterocycles. The predicted octanol–water partition coefficient (Wildman–Crippen LogP) is 5.81. The van der Waals surface area contributed by atoms with Gasteiger partial charge < -0.3 is 4.90 Å². The van der Waals surface area contributed by atoms with E-state index in [1.54, 1.807) is 0 Å². The number of rotatable bonds is 5. The summed E-state index contributed by atoms with van der Waals surface area (Å²) in [5.41, 5.74) is 2.76. The van der Waals surface area contributed by atoms with Crippen LogP contribution in [0.5, 0.6) is 0 Å². The molecule has 0 unspecified atom stereocenters. The van der Waals surface area contributed by atoms with Crippen LogP contribution in [0.1, 0.15) is 39.0 Å². The Morgan fingerprint density at radius 2 is 2.05 bits per heavy atom. The molecular weight excluding hydrogens is 262 g/mol. The minimum absolute atomic E-state index is 0.617. The molecule has 0 saturated heterocycles. The first-order chi connectivity index (χ1) is 9.51. The van der Waals surface area contributed by atoms with Gasteiger partial charge in [-0.25, -0.2) is 0 Å². The highest BCUT2D eigenvalue weighted by molar-refractivity contribution is 7.19. The summed E-state index contributed by atoms with van der Waals surface area (Å²) in [5, 5.41) is 1.35. The summed E-state index contributed by atoms with van der Waals surface area (Å²) in [6.45, 7) is 10.0. The maximum atomic E-state index is 2.33. The minimum atomic E-state index is 0.617. The molecule has 0 spiro atoms. The molecular formula is C18H25NS. The van der Waals surface area contributed by atoms with Gasteiger partial charge in [-0.15, -0.1) is 11.3 Å². The van der Waals surface area contributed by atoms with Gasteiger partial charge in [-0.05, 0) is 48.9 Å². The maximum absolute atomic E-state index is 2.33. The van der Waals surface area contributed by atoms with E-state index < -0.39 is 0 Å². The summed E-state index contributed by atoms with van der Waals surface area (Å²) in [4.78, 5) is 3.69. The molecule has 1 aromatic heterocycles. The van der Waals surface area contributed by atoms with Crippen LogP contribution in [-0.2, 0) is 0 Å². The highest BCUT2D eigenvalue weighted by atomic mass is 32.1. The number of anilines is 1. The zero-order valence-corrected chi connectivity index (χ0v) is 14.1. The molecule has 0 aliphatic rings. The number of thiophene rings is 1. The lowest BCUT2D eigenvalue weighted by Gasteiger charge is -2.18. The quantitative estimate of drug-likeness (QED) is 0.671. The lowest BCUT2D eigenvalue weighted by Crippen LogP contribution is -2.17. The lowest BCUT2D eigenvalue weighted by atomic mass is 10.0. The number of hydrogen-bond acceptors (Lipinski definition) is 2. The minimum Gasteiger partial charge on any atom is -0.375 e. The summed E-state index contributed by atoms with van der Waals surface area (Å²) >= 11 is 1.89. The van der Waals surface area contributed by atoms with Crippen molar-refractivity contribution in [2.45, 2.75) is 34.1 Å². The standard InChI is InChI=1S/C18H25NS/c1-6-9-19(5)16-8-7-15-11-17(20-18(15)12-16)10-14(4)13(2)3/h7-8,10-13H,6,9H2,1-5H3/b14-10+. The second-order valence-electron chi connectivity index (χ2n) is 5.84. The van der Waals surface area contributed by atoms with Crippen molar-refractivity contribution in [3.05, 3.63) is 34.7 Å². The van der Waals surface area contributed by atoms with E-state index in [9.17, 15) is 0 Å². The Balaban J connectivity index is 2.33. The van der Waals surface area contributed by atoms with E-state index in [0.717, 1.165) is 6.54 Å². The van der Waals surface area contributed by atoms with E-state index in [1.807, 2.05) is 11.3 Å². The molecule has 0 amide bonds. The van der Waals surface area contributed by atoms with Crippen molar-refractivity contribution in [2.75, 3.05) is 18.5 Å². The van der Waals surface area contributed by atoms with Gasteiger partial charge in [0.25, 0.3) is 0 Å². The van der Waals surface area contributed by atoms with Crippen LogP contribution in [0, 0.1) is 5.92 Å². The third-order valence-corrected chi connectivity index (χ3v) is 4.85. The molecule has 0 fully saturated rings. The zero-order chi connectivity index (χ0) is 14.7. The Morgan fingerprint density at radius 1 is 1.30 bits per heavy atom. The van der Waals surface area contributed by atoms with Crippen molar-refractivity contribution in [1.82, 2.24) is 0 Å². The summed E-state index contributed by atoms with van der Waals surface area (Å²) in [5.74, 6) is 0.617. The normalized spacial score (nSPS) is 12.4. The second-order valence-corrected chi connectivity index (χ2v) is 6.95. The highest BCUT2D eigenvalue weighted by Crippen LogP contribution is 2.31. The molecule has 0 aliphatic carbocycles. The van der Waals surface area contributed by atoms with Crippen molar-refractivity contribution in [3.63, 3.8) is 0 Å². The summed E-state index contributed by atoms with van der Waals surface area (Å²) in [6, 6.07) is 9.09. The predicted molar refractivity (Wildman–Crippen MR) is 93.9 cm³/mol. The summed E-state index contributed by atoms with van der Waals surface area (Å²) in [6.07, 6.45) is 3.51. The maximum Gasteiger partial charge on any atom is 0.0378 e. The molecule has 0 atom stereocenters. The first kappa shape index (κ1) is 15.1. The van der Waals surface area contributed by atoms with Crippen molar-refractivity contribution in [2.24, 2.45) is 5.92 Å². The number of fused-ring (bicyclic) bond motifs is 1. The van der Waals surface area contributed by atoms with Crippen LogP contribution >= 0.6 is 11.3 Å². The largest absolute Gasteiger partial charge is 0.375 e. The average Bonchev–Trinajstić information content (AvgIpc) is 2.79. The van der Waals surface area contributed by atoms with Crippen molar-refractivity contribution in [3.8, 4) is 0 Å². The van der Waals surface area contributed by atoms with E-state index in [0.29, 0.717) is 5.92 Å². The molecule has 20 heavy (non-hydrogen) atoms. The number of allylic oxidation sites excluding steroid dienone is 1. The van der Waals surface area contributed by atoms with E-state index in [1.165, 1.54) is 32.6 Å². The van der Waals surface area contributed by atoms with Gasteiger partial charge in [-0.2, -0.15) is 0 Å². The van der Waals surface area contributed by atoms with E-state index >= 15 is 0 Å². The fourth-order valence-electron chi connectivity index (χ4n) is 2.20. The van der Waals surface area contributed by atoms with Gasteiger partial charge in [0.2, 0.25) is 0 Å². The second kappa shape index (κ2) is 6.45. The van der Waals surface area contributed by atoms with Gasteiger partial charge in [0, 0.05) is 28.9 Å². The van der Waals surface area contributed by atoms with Crippen LogP contribution in [0.2, 0.25) is 0 Å². The van der Waals surface area contributed by atoms with Crippen LogP contribution in [0.3, 0.4) is 0 Å². The van der Waals surface area contributed by atoms with E-state index in [2.05, 4.69) is 70.0 Å². The Labute approximate surface area is 126 Å². The van der Waals surface area contributed by atoms with Crippen molar-refractivity contribution < 1.29 is 0 Å². The number of benzene rings is 1. The van der Waals surface area contributed by atoms with Gasteiger partial charge in [0.1, 0.15) is 0 Å². The van der Waals surface area contributed by atoms with Crippen LogP contribution in [0.4, 0.5) is 5.69 Å². The van der Waals surface area contributed by atoms with E-state index in [-0.39, 0.29) is 0 Å². The van der Waals surface area contributed by atoms with Crippen molar-refractivity contribution >= 4 is 33.2 Å². The third kappa shape index (κ3) is 3.43. The topological polar surface area (TPSA) is 3.24 Å². The van der Waals surface area contributed by atoms with E-state index in [4.69, 9.17) is 0 Å². The highest BCUT2D eigenvalue weighted by Gasteiger charge is 2.05. The Kier molecular flexibility index (Phi) is 4.87. The monoisotopic (exact) mass is 287 g/mol. The molecule has 108 valence electrons. The Hall–Kier alpha value is -1.28. The third-order valence-electron chi connectivity index (χ3n) is 3.80. The summed E-state index contributed by atoms with van der Waals surface area (Å²) in [7, 11) is 2.17. The van der Waals surface area contributed by atoms with Gasteiger partial charge in [-0.1, -0.05) is 32.4 Å². The molecule has 1 nitrogen and oxygen atoms in total. The fraction of sp³-hybridized carbons (Fsp3) is 0.444. The SMILES string of the molecule is CCCN(C)c1ccc2cc(/C=C(\C)C(C)C)sc2c1. The van der Waals surface area contributed by atoms with Crippen molar-refractivity contribution in [1.29, 1.82) is 0 Å². The smallest absolute Gasteiger partial charge is 0.0378 e. The van der Waals surface area contributed by atoms with Gasteiger partial charge >= 0.3 is 0 Å². The first-order valence-corrected chi connectivity index (χ1v) is 8.26. The molecule has 2 rings (SSSR count). The number of nitrogens with zero attached hydrogens (tertiary/aromatic N) is 1. The van der Waals surface area contributed by atoms with Gasteiger partial charge in [0.05, 0.1) is 0 Å². The molecule has 0 bridgehead atoms. The molecule has 0 radical (unpaired) electrons. The lowest BCUT2D eigenvalue weighted by molar-refractivity contribution is 0.776. The zero-order valence-electron chi connectivity index (χ0n) is 13.2. The molecule has 0 saturated carbocycles. The molecule has 0 N–H and O–H groups in total. The summed E-state index contributed by atoms with van der Waals surface area (Å²) < 4.78 is 1.38. The van der Waals surface area contributed by atoms with Gasteiger partial charge in [0.15, 0.2) is 0 Å². The number of hydrogen-bond donors (Lipinski definition) is 0. The van der Waals surface area contributed by atoms with Gasteiger partial charge in [-0.3, -0.25) is 0 Å². The fourth-order valence-corrected chi connectivity index (χ4v) is 3.31. The Bertz CT molecular complexity index is 607. The van der Waals surface area contributed by atoms with Crippen LogP contribution in [0.15, 0.2) is 29.8 Å².